The third-order valence-corrected chi connectivity index (χ3v) is 18.7. The lowest BCUT2D eigenvalue weighted by Crippen LogP contribution is -3.00. The number of allylic oxidation sites excluding steroid dienone is 18. The molecule has 10 rings (SSSR count). The Labute approximate surface area is 504 Å². The van der Waals surface area contributed by atoms with E-state index in [0.717, 1.165) is 156 Å². The number of fused-ring (bicyclic) bond motifs is 12. The minimum atomic E-state index is 0. The van der Waals surface area contributed by atoms with Crippen molar-refractivity contribution < 1.29 is 33.8 Å². The Morgan fingerprint density at radius 3 is 0.878 bits per heavy atom. The molecule has 0 fully saturated rings. The Bertz CT molecular complexity index is 3460. The minimum Gasteiger partial charge on any atom is -1.00 e. The van der Waals surface area contributed by atoms with Gasteiger partial charge in [0.2, 0.25) is 0 Å². The molecule has 8 aliphatic rings. The number of hydrogen-bond acceptors (Lipinski definition) is 4. The highest BCUT2D eigenvalue weighted by molar-refractivity contribution is 6.22. The highest BCUT2D eigenvalue weighted by Crippen LogP contribution is 2.52. The van der Waals surface area contributed by atoms with Gasteiger partial charge >= 0.3 is 0 Å². The summed E-state index contributed by atoms with van der Waals surface area (Å²) in [5.41, 5.74) is 32.0. The summed E-state index contributed by atoms with van der Waals surface area (Å²) in [5.74, 6) is 0. The average molecular weight is 1140 g/mol. The molecule has 8 nitrogen and oxygen atoms in total. The number of aromatic amines is 2. The maximum absolute atomic E-state index is 5.60. The van der Waals surface area contributed by atoms with Crippen molar-refractivity contribution in [3.63, 3.8) is 0 Å². The van der Waals surface area contributed by atoms with Gasteiger partial charge in [-0.3, -0.25) is 8.97 Å². The highest BCUT2D eigenvalue weighted by Gasteiger charge is 2.48. The van der Waals surface area contributed by atoms with Gasteiger partial charge in [-0.25, -0.2) is 20.0 Å². The lowest BCUT2D eigenvalue weighted by molar-refractivity contribution is -0.842. The van der Waals surface area contributed by atoms with Gasteiger partial charge in [-0.1, -0.05) is 83.1 Å². The molecule has 10 heterocycles. The van der Waals surface area contributed by atoms with E-state index in [-0.39, 0.29) is 24.8 Å². The zero-order chi connectivity index (χ0) is 57.2. The third-order valence-electron chi connectivity index (χ3n) is 18.7. The van der Waals surface area contributed by atoms with Gasteiger partial charge in [-0.05, 0) is 188 Å². The number of quaternary nitrogens is 2. The predicted molar refractivity (Wildman–Crippen MR) is 342 cm³/mol. The Balaban J connectivity index is 0.000000230. The van der Waals surface area contributed by atoms with Crippen LogP contribution in [0.15, 0.2) is 181 Å². The van der Waals surface area contributed by atoms with Gasteiger partial charge in [0.15, 0.2) is 0 Å². The molecule has 8 aliphatic heterocycles. The molecule has 0 unspecified atom stereocenters. The van der Waals surface area contributed by atoms with Gasteiger partial charge in [0.05, 0.1) is 71.8 Å². The summed E-state index contributed by atoms with van der Waals surface area (Å²) in [7, 11) is 0. The van der Waals surface area contributed by atoms with Gasteiger partial charge in [-0.15, -0.1) is 0 Å². The molecule has 2 aromatic rings. The zero-order valence-electron chi connectivity index (χ0n) is 52.7. The molecule has 0 amide bonds. The van der Waals surface area contributed by atoms with Crippen LogP contribution in [0.1, 0.15) is 188 Å². The van der Waals surface area contributed by atoms with Crippen LogP contribution in [0.2, 0.25) is 0 Å². The lowest BCUT2D eigenvalue weighted by atomic mass is 9.90. The molecule has 0 spiro atoms. The fraction of sp³-hybridized carbons (Fsp3) is 0.444. The summed E-state index contributed by atoms with van der Waals surface area (Å²) in [6.07, 6.45) is 29.7. The van der Waals surface area contributed by atoms with Gasteiger partial charge in [0.1, 0.15) is 22.8 Å². The van der Waals surface area contributed by atoms with Gasteiger partial charge in [-0.2, -0.15) is 0 Å². The number of rotatable bonds is 16. The van der Waals surface area contributed by atoms with Crippen LogP contribution < -0.4 is 46.2 Å². The molecular formula is C72H94Cl2N8. The van der Waals surface area contributed by atoms with Crippen LogP contribution in [-0.2, 0) is 0 Å². The predicted octanol–water partition coefficient (Wildman–Crippen LogP) is 9.40. The number of H-pyrrole nitrogens is 2. The minimum absolute atomic E-state index is 0. The standard InChI is InChI=1S/2C36H47N4.2ClH/c2*1-9-26-29(12-4)36-31(14-6)35-28(11-3)27(10-2)34(39-35)30(13-5)32-20-19-24(38-32)21-23-17-18-25(37-23)22-33(26)40(36,15-7)16-8;;/h2*17-22,37H,9-16H2,1-8H3;2*1H/q2*+1;;/p-2. The number of aromatic nitrogens is 2. The van der Waals surface area contributed by atoms with Gasteiger partial charge < -0.3 is 34.8 Å². The maximum atomic E-state index is 5.60. The SMILES string of the molecule is CCC1=C2C=CC(=N2)C=c2ccc([nH]2)=CC2=C(CC)C(CC)=C(C(CC)=C3N=C1C(CC)=C3CC)[N+]2(CC)CC.CCC1=C2C=CC(=N2)C=c2ccc([nH]2)=CC2=C(CC)C(CC)=C(C(CC)=C3N=C1C(CC)=C3CC)[N+]2(CC)CC.[Cl-].[Cl-]. The van der Waals surface area contributed by atoms with Crippen LogP contribution in [-0.4, -0.2) is 68.0 Å². The zero-order valence-corrected chi connectivity index (χ0v) is 54.2. The van der Waals surface area contributed by atoms with Crippen molar-refractivity contribution in [2.45, 2.75) is 188 Å². The lowest BCUT2D eigenvalue weighted by Gasteiger charge is -2.37. The number of nitrogens with zero attached hydrogens (tertiary/aromatic N) is 6. The first-order valence-corrected chi connectivity index (χ1v) is 31.5. The van der Waals surface area contributed by atoms with Crippen LogP contribution in [0.25, 0.3) is 24.3 Å². The topological polar surface area (TPSA) is 81.0 Å². The molecule has 16 bridgehead atoms. The van der Waals surface area contributed by atoms with E-state index in [1.165, 1.54) is 112 Å². The van der Waals surface area contributed by atoms with Crippen molar-refractivity contribution in [2.24, 2.45) is 20.0 Å². The fourth-order valence-corrected chi connectivity index (χ4v) is 15.0. The Morgan fingerprint density at radius 2 is 0.598 bits per heavy atom. The maximum Gasteiger partial charge on any atom is 0.147 e. The molecule has 0 aromatic carbocycles. The summed E-state index contributed by atoms with van der Waals surface area (Å²) < 4.78 is 1.77. The third kappa shape index (κ3) is 10.5. The molecule has 0 saturated carbocycles. The first-order valence-electron chi connectivity index (χ1n) is 31.5. The molecule has 0 saturated heterocycles. The number of aliphatic imine (C=N–C) groups is 4. The number of halogens is 2. The summed E-state index contributed by atoms with van der Waals surface area (Å²) in [6.45, 7) is 41.3. The Morgan fingerprint density at radius 1 is 0.305 bits per heavy atom. The quantitative estimate of drug-likeness (QED) is 0.157. The molecule has 2 N–H and O–H groups in total. The van der Waals surface area contributed by atoms with Gasteiger partial charge in [0, 0.05) is 78.1 Å². The number of hydrogen-bond donors (Lipinski definition) is 2. The van der Waals surface area contributed by atoms with Crippen molar-refractivity contribution in [3.05, 3.63) is 182 Å². The average Bonchev–Trinajstić information content (AvgIpc) is 4.51. The van der Waals surface area contributed by atoms with Crippen LogP contribution >= 0.6 is 0 Å². The van der Waals surface area contributed by atoms with Crippen molar-refractivity contribution in [1.29, 1.82) is 0 Å². The first kappa shape index (κ1) is 63.7. The van der Waals surface area contributed by atoms with E-state index in [1.807, 2.05) is 0 Å². The van der Waals surface area contributed by atoms with Crippen molar-refractivity contribution in [2.75, 3.05) is 26.2 Å². The molecule has 82 heavy (non-hydrogen) atoms. The number of likely N-dealkylation sites (N-methyl/N-ethyl adjacent to an activating group) is 2. The van der Waals surface area contributed by atoms with Gasteiger partial charge in [0.25, 0.3) is 0 Å². The van der Waals surface area contributed by atoms with Crippen molar-refractivity contribution in [1.82, 2.24) is 9.97 Å². The van der Waals surface area contributed by atoms with Crippen LogP contribution in [0.5, 0.6) is 0 Å². The van der Waals surface area contributed by atoms with E-state index in [2.05, 4.69) is 194 Å². The van der Waals surface area contributed by atoms with Crippen molar-refractivity contribution >= 4 is 47.2 Å². The second kappa shape index (κ2) is 26.8. The second-order valence-electron chi connectivity index (χ2n) is 22.1. The van der Waals surface area contributed by atoms with E-state index in [1.54, 1.807) is 0 Å². The van der Waals surface area contributed by atoms with Crippen LogP contribution in [0, 0.1) is 0 Å². The first-order chi connectivity index (χ1) is 38.9. The molecule has 436 valence electrons. The fourth-order valence-electron chi connectivity index (χ4n) is 15.0. The van der Waals surface area contributed by atoms with E-state index in [9.17, 15) is 0 Å². The summed E-state index contributed by atoms with van der Waals surface area (Å²) >= 11 is 0. The second-order valence-corrected chi connectivity index (χ2v) is 22.1. The summed E-state index contributed by atoms with van der Waals surface area (Å²) in [6, 6.07) is 8.81. The highest BCUT2D eigenvalue weighted by atomic mass is 35.5. The van der Waals surface area contributed by atoms with Crippen LogP contribution in [0.3, 0.4) is 0 Å². The Hall–Kier alpha value is -5.90. The molecule has 0 aliphatic carbocycles. The van der Waals surface area contributed by atoms with E-state index in [0.29, 0.717) is 0 Å². The molecule has 2 aromatic heterocycles. The molecular weight excluding hydrogens is 1050 g/mol. The Kier molecular flexibility index (Phi) is 20.8. The monoisotopic (exact) mass is 1140 g/mol. The van der Waals surface area contributed by atoms with Crippen LogP contribution in [0.4, 0.5) is 0 Å². The number of nitrogens with one attached hydrogen (secondary N) is 2. The smallest absolute Gasteiger partial charge is 0.147 e. The summed E-state index contributed by atoms with van der Waals surface area (Å²) in [4.78, 5) is 28.7. The molecule has 0 atom stereocenters. The molecule has 10 heteroatoms. The van der Waals surface area contributed by atoms with Crippen molar-refractivity contribution in [3.8, 4) is 0 Å². The van der Waals surface area contributed by atoms with E-state index >= 15 is 0 Å². The van der Waals surface area contributed by atoms with E-state index < -0.39 is 0 Å². The normalized spacial score (nSPS) is 19.6. The summed E-state index contributed by atoms with van der Waals surface area (Å²) in [5, 5.41) is 4.49. The molecule has 0 radical (unpaired) electrons. The largest absolute Gasteiger partial charge is 1.00 e. The van der Waals surface area contributed by atoms with E-state index in [4.69, 9.17) is 20.0 Å².